The Morgan fingerprint density at radius 2 is 1.84 bits per heavy atom. The van der Waals surface area contributed by atoms with E-state index < -0.39 is 22.0 Å². The van der Waals surface area contributed by atoms with Crippen molar-refractivity contribution in [2.45, 2.75) is 26.3 Å². The minimum absolute atomic E-state index is 0.327. The van der Waals surface area contributed by atoms with Crippen molar-refractivity contribution in [1.82, 2.24) is 0 Å². The first kappa shape index (κ1) is 19.3. The largest absolute Gasteiger partial charge is 0.324 e. The maximum atomic E-state index is 12.8. The van der Waals surface area contributed by atoms with Gasteiger partial charge in [0.25, 0.3) is 0 Å². The highest BCUT2D eigenvalue weighted by Gasteiger charge is 2.31. The standard InChI is InChI=1S/C18H21ClN2O3S/c1-4-17(18(22)20-16-12-14(19)11-10-13(16)2)21(25(3,23)24)15-8-6-5-7-9-15/h5-12,17H,4H2,1-3H3,(H,20,22). The minimum atomic E-state index is -3.64. The lowest BCUT2D eigenvalue weighted by Crippen LogP contribution is -2.47. The van der Waals surface area contributed by atoms with Crippen molar-refractivity contribution < 1.29 is 13.2 Å². The van der Waals surface area contributed by atoms with Crippen LogP contribution >= 0.6 is 11.6 Å². The summed E-state index contributed by atoms with van der Waals surface area (Å²) in [6.07, 6.45) is 1.42. The first-order valence-corrected chi connectivity index (χ1v) is 10.1. The minimum Gasteiger partial charge on any atom is -0.324 e. The Bertz CT molecular complexity index is 854. The Morgan fingerprint density at radius 1 is 1.20 bits per heavy atom. The number of rotatable bonds is 6. The number of nitrogens with one attached hydrogen (secondary N) is 1. The smallest absolute Gasteiger partial charge is 0.248 e. The summed E-state index contributed by atoms with van der Waals surface area (Å²) in [7, 11) is -3.64. The molecule has 2 aromatic carbocycles. The van der Waals surface area contributed by atoms with Gasteiger partial charge in [-0.1, -0.05) is 42.8 Å². The molecular weight excluding hydrogens is 360 g/mol. The molecule has 0 aliphatic rings. The van der Waals surface area contributed by atoms with E-state index in [1.165, 1.54) is 0 Å². The highest BCUT2D eigenvalue weighted by Crippen LogP contribution is 2.25. The van der Waals surface area contributed by atoms with Crippen LogP contribution < -0.4 is 9.62 Å². The summed E-state index contributed by atoms with van der Waals surface area (Å²) in [5.41, 5.74) is 1.87. The van der Waals surface area contributed by atoms with Crippen LogP contribution in [0.25, 0.3) is 0 Å². The lowest BCUT2D eigenvalue weighted by Gasteiger charge is -2.30. The van der Waals surface area contributed by atoms with Gasteiger partial charge in [-0.2, -0.15) is 0 Å². The number of nitrogens with zero attached hydrogens (tertiary/aromatic N) is 1. The van der Waals surface area contributed by atoms with Crippen molar-refractivity contribution in [2.24, 2.45) is 0 Å². The van der Waals surface area contributed by atoms with E-state index in [9.17, 15) is 13.2 Å². The molecular formula is C18H21ClN2O3S. The number of benzene rings is 2. The van der Waals surface area contributed by atoms with E-state index in [0.717, 1.165) is 16.1 Å². The third-order valence-electron chi connectivity index (χ3n) is 3.80. The van der Waals surface area contributed by atoms with E-state index in [0.29, 0.717) is 22.8 Å². The summed E-state index contributed by atoms with van der Waals surface area (Å²) in [5, 5.41) is 3.29. The van der Waals surface area contributed by atoms with E-state index in [1.807, 2.05) is 6.92 Å². The van der Waals surface area contributed by atoms with Crippen molar-refractivity contribution in [3.63, 3.8) is 0 Å². The first-order chi connectivity index (χ1) is 11.7. The number of amides is 1. The molecule has 0 aliphatic carbocycles. The average Bonchev–Trinajstić information content (AvgIpc) is 2.55. The summed E-state index contributed by atoms with van der Waals surface area (Å²) >= 11 is 5.99. The molecule has 0 fully saturated rings. The van der Waals surface area contributed by atoms with Gasteiger partial charge in [-0.15, -0.1) is 0 Å². The highest BCUT2D eigenvalue weighted by molar-refractivity contribution is 7.92. The van der Waals surface area contributed by atoms with E-state index in [-0.39, 0.29) is 0 Å². The van der Waals surface area contributed by atoms with Gasteiger partial charge in [0, 0.05) is 10.7 Å². The molecule has 0 spiro atoms. The van der Waals surface area contributed by atoms with E-state index in [2.05, 4.69) is 5.32 Å². The van der Waals surface area contributed by atoms with Gasteiger partial charge in [0.05, 0.1) is 11.9 Å². The number of para-hydroxylation sites is 1. The van der Waals surface area contributed by atoms with Crippen molar-refractivity contribution in [3.8, 4) is 0 Å². The first-order valence-electron chi connectivity index (χ1n) is 7.85. The van der Waals surface area contributed by atoms with Crippen LogP contribution in [0.4, 0.5) is 11.4 Å². The van der Waals surface area contributed by atoms with Crippen LogP contribution in [0.3, 0.4) is 0 Å². The average molecular weight is 381 g/mol. The molecule has 0 aromatic heterocycles. The van der Waals surface area contributed by atoms with Gasteiger partial charge in [0.15, 0.2) is 0 Å². The van der Waals surface area contributed by atoms with Crippen molar-refractivity contribution in [2.75, 3.05) is 15.9 Å². The Kier molecular flexibility index (Phi) is 6.08. The maximum absolute atomic E-state index is 12.8. The second kappa shape index (κ2) is 7.89. The summed E-state index contributed by atoms with van der Waals surface area (Å²) < 4.78 is 25.8. The Hall–Kier alpha value is -2.05. The monoisotopic (exact) mass is 380 g/mol. The number of carbonyl (C=O) groups is 1. The Balaban J connectivity index is 2.38. The van der Waals surface area contributed by atoms with E-state index in [4.69, 9.17) is 11.6 Å². The van der Waals surface area contributed by atoms with Crippen molar-refractivity contribution in [3.05, 3.63) is 59.1 Å². The summed E-state index contributed by atoms with van der Waals surface area (Å²) in [6, 6.07) is 12.9. The van der Waals surface area contributed by atoms with E-state index in [1.54, 1.807) is 55.5 Å². The molecule has 1 atom stereocenters. The van der Waals surface area contributed by atoms with Gasteiger partial charge in [-0.05, 0) is 43.2 Å². The number of aryl methyl sites for hydroxylation is 1. The van der Waals surface area contributed by atoms with Gasteiger partial charge in [0.2, 0.25) is 15.9 Å². The molecule has 0 aliphatic heterocycles. The van der Waals surface area contributed by atoms with Crippen LogP contribution in [0.5, 0.6) is 0 Å². The van der Waals surface area contributed by atoms with Crippen LogP contribution in [-0.4, -0.2) is 26.6 Å². The van der Waals surface area contributed by atoms with Crippen LogP contribution in [0, 0.1) is 6.92 Å². The van der Waals surface area contributed by atoms with Crippen LogP contribution in [0.1, 0.15) is 18.9 Å². The molecule has 0 radical (unpaired) electrons. The molecule has 2 aromatic rings. The van der Waals surface area contributed by atoms with Crippen molar-refractivity contribution in [1.29, 1.82) is 0 Å². The maximum Gasteiger partial charge on any atom is 0.248 e. The van der Waals surface area contributed by atoms with Gasteiger partial charge in [-0.3, -0.25) is 9.10 Å². The lowest BCUT2D eigenvalue weighted by atomic mass is 10.1. The quantitative estimate of drug-likeness (QED) is 0.828. The predicted octanol–water partition coefficient (Wildman–Crippen LogP) is 3.83. The summed E-state index contributed by atoms with van der Waals surface area (Å²) in [5.74, 6) is -0.401. The molecule has 1 N–H and O–H groups in total. The fourth-order valence-corrected chi connectivity index (χ4v) is 3.96. The fourth-order valence-electron chi connectivity index (χ4n) is 2.58. The highest BCUT2D eigenvalue weighted by atomic mass is 35.5. The third-order valence-corrected chi connectivity index (χ3v) is 5.21. The SMILES string of the molecule is CCC(C(=O)Nc1cc(Cl)ccc1C)N(c1ccccc1)S(C)(=O)=O. The lowest BCUT2D eigenvalue weighted by molar-refractivity contribution is -0.117. The van der Waals surface area contributed by atoms with Gasteiger partial charge >= 0.3 is 0 Å². The van der Waals surface area contributed by atoms with Crippen LogP contribution in [-0.2, 0) is 14.8 Å². The van der Waals surface area contributed by atoms with Gasteiger partial charge < -0.3 is 5.32 Å². The number of halogens is 1. The van der Waals surface area contributed by atoms with Gasteiger partial charge in [-0.25, -0.2) is 8.42 Å². The molecule has 25 heavy (non-hydrogen) atoms. The molecule has 0 saturated heterocycles. The number of hydrogen-bond acceptors (Lipinski definition) is 3. The zero-order valence-electron chi connectivity index (χ0n) is 14.4. The van der Waals surface area contributed by atoms with E-state index >= 15 is 0 Å². The molecule has 0 heterocycles. The molecule has 1 amide bonds. The second-order valence-corrected chi connectivity index (χ2v) is 8.06. The summed E-state index contributed by atoms with van der Waals surface area (Å²) in [6.45, 7) is 3.62. The molecule has 0 bridgehead atoms. The van der Waals surface area contributed by atoms with Crippen molar-refractivity contribution >= 4 is 38.9 Å². The predicted molar refractivity (Wildman–Crippen MR) is 103 cm³/mol. The summed E-state index contributed by atoms with van der Waals surface area (Å²) in [4.78, 5) is 12.8. The topological polar surface area (TPSA) is 66.5 Å². The molecule has 1 unspecified atom stereocenters. The molecule has 7 heteroatoms. The number of carbonyl (C=O) groups excluding carboxylic acids is 1. The normalized spacial score (nSPS) is 12.5. The van der Waals surface area contributed by atoms with Crippen LogP contribution in [0.15, 0.2) is 48.5 Å². The Morgan fingerprint density at radius 3 is 2.40 bits per heavy atom. The third kappa shape index (κ3) is 4.74. The number of anilines is 2. The number of hydrogen-bond donors (Lipinski definition) is 1. The molecule has 5 nitrogen and oxygen atoms in total. The van der Waals surface area contributed by atoms with Crippen LogP contribution in [0.2, 0.25) is 5.02 Å². The number of sulfonamides is 1. The molecule has 0 saturated carbocycles. The zero-order chi connectivity index (χ0) is 18.6. The fraction of sp³-hybridized carbons (Fsp3) is 0.278. The van der Waals surface area contributed by atoms with Gasteiger partial charge in [0.1, 0.15) is 6.04 Å². The second-order valence-electron chi connectivity index (χ2n) is 5.77. The Labute approximate surface area is 153 Å². The molecule has 134 valence electrons. The molecule has 2 rings (SSSR count). The zero-order valence-corrected chi connectivity index (χ0v) is 15.9.